The number of rotatable bonds is 6. The monoisotopic (exact) mass is 269 g/mol. The molecule has 0 spiro atoms. The topological polar surface area (TPSA) is 111 Å². The second-order valence-electron chi connectivity index (χ2n) is 2.98. The van der Waals surface area contributed by atoms with E-state index >= 15 is 0 Å². The zero-order valence-corrected chi connectivity index (χ0v) is 10.7. The number of nitrogens with two attached hydrogens (primary N) is 1. The minimum absolute atomic E-state index is 0.0179. The highest BCUT2D eigenvalue weighted by molar-refractivity contribution is 7.88. The van der Waals surface area contributed by atoms with Gasteiger partial charge in [-0.15, -0.1) is 0 Å². The van der Waals surface area contributed by atoms with E-state index in [4.69, 9.17) is 5.73 Å². The van der Waals surface area contributed by atoms with Crippen molar-refractivity contribution in [3.8, 4) is 0 Å². The number of hydrogen-bond acceptors (Lipinski definition) is 5. The molecule has 0 bridgehead atoms. The Hall–Kier alpha value is -0.930. The van der Waals surface area contributed by atoms with Crippen LogP contribution >= 0.6 is 12.2 Å². The van der Waals surface area contributed by atoms with Crippen LogP contribution in [0.1, 0.15) is 13.8 Å². The van der Waals surface area contributed by atoms with Crippen molar-refractivity contribution in [2.75, 3.05) is 13.2 Å². The Kier molecular flexibility index (Phi) is 6.22. The van der Waals surface area contributed by atoms with Crippen molar-refractivity contribution in [1.82, 2.24) is 9.44 Å². The van der Waals surface area contributed by atoms with Crippen LogP contribution in [0.15, 0.2) is 0 Å². The first-order chi connectivity index (χ1) is 7.28. The Balaban J connectivity index is 4.16. The lowest BCUT2D eigenvalue weighted by atomic mass is 10.2. The fourth-order valence-corrected chi connectivity index (χ4v) is 1.54. The lowest BCUT2D eigenvalue weighted by Gasteiger charge is -2.11. The van der Waals surface area contributed by atoms with E-state index in [1.165, 1.54) is 0 Å². The second kappa shape index (κ2) is 6.61. The second-order valence-corrected chi connectivity index (χ2v) is 4.95. The molecule has 0 saturated carbocycles. The first-order valence-electron chi connectivity index (χ1n) is 4.52. The van der Waals surface area contributed by atoms with Crippen molar-refractivity contribution >= 4 is 33.5 Å². The van der Waals surface area contributed by atoms with E-state index in [9.17, 15) is 13.2 Å². The Morgan fingerprint density at radius 3 is 2.56 bits per heavy atom. The average molecular weight is 269 g/mol. The maximum Gasteiger partial charge on any atom is 0.421 e. The van der Waals surface area contributed by atoms with Crippen molar-refractivity contribution < 1.29 is 17.9 Å². The van der Waals surface area contributed by atoms with Crippen LogP contribution in [0, 0.1) is 5.92 Å². The van der Waals surface area contributed by atoms with Gasteiger partial charge in [0.1, 0.15) is 0 Å². The van der Waals surface area contributed by atoms with Gasteiger partial charge in [0, 0.05) is 12.5 Å². The SMILES string of the molecule is CCOC(=O)NS(=O)(=O)NCC(C)C(N)=S. The van der Waals surface area contributed by atoms with Gasteiger partial charge < -0.3 is 10.5 Å². The summed E-state index contributed by atoms with van der Waals surface area (Å²) >= 11 is 4.67. The van der Waals surface area contributed by atoms with Crippen LogP contribution in [0.4, 0.5) is 4.79 Å². The van der Waals surface area contributed by atoms with Crippen LogP contribution in [0.3, 0.4) is 0 Å². The molecule has 0 aromatic carbocycles. The third kappa shape index (κ3) is 6.53. The van der Waals surface area contributed by atoms with E-state index < -0.39 is 16.3 Å². The molecule has 9 heteroatoms. The molecule has 0 fully saturated rings. The molecule has 0 saturated heterocycles. The molecule has 7 nitrogen and oxygen atoms in total. The molecular formula is C7H15N3O4S2. The molecule has 4 N–H and O–H groups in total. The molecule has 0 radical (unpaired) electrons. The van der Waals surface area contributed by atoms with E-state index in [2.05, 4.69) is 21.7 Å². The Labute approximate surface area is 99.9 Å². The van der Waals surface area contributed by atoms with Gasteiger partial charge in [0.25, 0.3) is 0 Å². The molecule has 0 aromatic rings. The molecule has 0 rings (SSSR count). The zero-order valence-electron chi connectivity index (χ0n) is 9.02. The van der Waals surface area contributed by atoms with Crippen molar-refractivity contribution in [2.45, 2.75) is 13.8 Å². The molecule has 0 heterocycles. The van der Waals surface area contributed by atoms with E-state index in [0.717, 1.165) is 0 Å². The smallest absolute Gasteiger partial charge is 0.421 e. The Morgan fingerprint density at radius 2 is 2.12 bits per heavy atom. The van der Waals surface area contributed by atoms with Crippen LogP contribution in [-0.2, 0) is 14.9 Å². The van der Waals surface area contributed by atoms with Gasteiger partial charge in [-0.2, -0.15) is 13.1 Å². The van der Waals surface area contributed by atoms with Crippen LogP contribution in [-0.4, -0.2) is 32.7 Å². The number of nitrogens with one attached hydrogen (secondary N) is 2. The van der Waals surface area contributed by atoms with E-state index in [1.54, 1.807) is 18.6 Å². The van der Waals surface area contributed by atoms with Gasteiger partial charge in [-0.25, -0.2) is 9.52 Å². The number of ether oxygens (including phenoxy) is 1. The summed E-state index contributed by atoms with van der Waals surface area (Å²) in [6, 6.07) is 0. The first-order valence-corrected chi connectivity index (χ1v) is 6.41. The molecule has 0 aliphatic heterocycles. The van der Waals surface area contributed by atoms with Crippen LogP contribution < -0.4 is 15.2 Å². The first kappa shape index (κ1) is 15.1. The zero-order chi connectivity index (χ0) is 12.8. The number of thiocarbonyl (C=S) groups is 1. The lowest BCUT2D eigenvalue weighted by molar-refractivity contribution is 0.158. The summed E-state index contributed by atoms with van der Waals surface area (Å²) in [4.78, 5) is 11.0. The number of amides is 1. The minimum Gasteiger partial charge on any atom is -0.449 e. The molecule has 1 unspecified atom stereocenters. The molecule has 16 heavy (non-hydrogen) atoms. The fourth-order valence-electron chi connectivity index (χ4n) is 0.642. The highest BCUT2D eigenvalue weighted by atomic mass is 32.2. The summed E-state index contributed by atoms with van der Waals surface area (Å²) in [6.07, 6.45) is -1.03. The average Bonchev–Trinajstić information content (AvgIpc) is 2.13. The van der Waals surface area contributed by atoms with Gasteiger partial charge in [0.2, 0.25) is 0 Å². The third-order valence-electron chi connectivity index (χ3n) is 1.56. The number of hydrogen-bond donors (Lipinski definition) is 3. The maximum absolute atomic E-state index is 11.2. The quantitative estimate of drug-likeness (QED) is 0.560. The minimum atomic E-state index is -3.92. The molecule has 0 aliphatic rings. The van der Waals surface area contributed by atoms with Gasteiger partial charge in [0.15, 0.2) is 0 Å². The summed E-state index contributed by atoms with van der Waals surface area (Å²) in [5.41, 5.74) is 5.30. The molecule has 94 valence electrons. The molecular weight excluding hydrogens is 254 g/mol. The lowest BCUT2D eigenvalue weighted by Crippen LogP contribution is -2.43. The normalized spacial score (nSPS) is 12.9. The van der Waals surface area contributed by atoms with Crippen molar-refractivity contribution in [2.24, 2.45) is 11.7 Å². The summed E-state index contributed by atoms with van der Waals surface area (Å²) in [5.74, 6) is -0.297. The Bertz CT molecular complexity index is 355. The van der Waals surface area contributed by atoms with Crippen molar-refractivity contribution in [3.63, 3.8) is 0 Å². The molecule has 1 amide bonds. The maximum atomic E-state index is 11.2. The van der Waals surface area contributed by atoms with Crippen LogP contribution in [0.2, 0.25) is 0 Å². The molecule has 1 atom stereocenters. The highest BCUT2D eigenvalue weighted by Gasteiger charge is 2.16. The fraction of sp³-hybridized carbons (Fsp3) is 0.714. The van der Waals surface area contributed by atoms with E-state index in [0.29, 0.717) is 0 Å². The van der Waals surface area contributed by atoms with Gasteiger partial charge >= 0.3 is 16.3 Å². The Morgan fingerprint density at radius 1 is 1.56 bits per heavy atom. The standard InChI is InChI=1S/C7H15N3O4S2/c1-3-14-7(11)10-16(12,13)9-4-5(2)6(8)15/h5,9H,3-4H2,1-2H3,(H2,8,15)(H,10,11). The summed E-state index contributed by atoms with van der Waals surface area (Å²) in [7, 11) is -3.92. The van der Waals surface area contributed by atoms with Crippen molar-refractivity contribution in [1.29, 1.82) is 0 Å². The summed E-state index contributed by atoms with van der Waals surface area (Å²) in [5, 5.41) is 0. The van der Waals surface area contributed by atoms with Crippen LogP contribution in [0.5, 0.6) is 0 Å². The predicted octanol–water partition coefficient (Wildman–Crippen LogP) is -0.511. The van der Waals surface area contributed by atoms with Gasteiger partial charge in [-0.05, 0) is 6.92 Å². The predicted molar refractivity (Wildman–Crippen MR) is 63.0 cm³/mol. The van der Waals surface area contributed by atoms with Gasteiger partial charge in [0.05, 0.1) is 11.6 Å². The van der Waals surface area contributed by atoms with Crippen LogP contribution in [0.25, 0.3) is 0 Å². The summed E-state index contributed by atoms with van der Waals surface area (Å²) < 4.78 is 30.7. The van der Waals surface area contributed by atoms with E-state index in [1.807, 2.05) is 0 Å². The summed E-state index contributed by atoms with van der Waals surface area (Å²) in [6.45, 7) is 3.33. The molecule has 0 aromatic heterocycles. The number of carbonyl (C=O) groups is 1. The van der Waals surface area contributed by atoms with Crippen molar-refractivity contribution in [3.05, 3.63) is 0 Å². The largest absolute Gasteiger partial charge is 0.449 e. The highest BCUT2D eigenvalue weighted by Crippen LogP contribution is 1.93. The third-order valence-corrected chi connectivity index (χ3v) is 2.94. The van der Waals surface area contributed by atoms with Gasteiger partial charge in [-0.1, -0.05) is 19.1 Å². The molecule has 0 aliphatic carbocycles. The number of carbonyl (C=O) groups excluding carboxylic acids is 1. The van der Waals surface area contributed by atoms with E-state index in [-0.39, 0.29) is 24.1 Å². The van der Waals surface area contributed by atoms with Gasteiger partial charge in [-0.3, -0.25) is 0 Å².